The normalized spacial score (nSPS) is 27.5. The van der Waals surface area contributed by atoms with Gasteiger partial charge >= 0.3 is 0 Å². The summed E-state index contributed by atoms with van der Waals surface area (Å²) < 4.78 is 11.2. The van der Waals surface area contributed by atoms with E-state index in [1.807, 2.05) is 4.90 Å². The Kier molecular flexibility index (Phi) is 3.85. The van der Waals surface area contributed by atoms with Gasteiger partial charge in [-0.05, 0) is 18.9 Å². The van der Waals surface area contributed by atoms with Crippen molar-refractivity contribution in [3.8, 4) is 0 Å². The van der Waals surface area contributed by atoms with Crippen LogP contribution in [0.2, 0.25) is 0 Å². The van der Waals surface area contributed by atoms with Gasteiger partial charge in [0.2, 0.25) is 5.95 Å². The number of hydrogen-bond acceptors (Lipinski definition) is 7. The van der Waals surface area contributed by atoms with Crippen LogP contribution in [0.3, 0.4) is 0 Å². The monoisotopic (exact) mass is 355 g/mol. The Morgan fingerprint density at radius 3 is 2.92 bits per heavy atom. The number of amides is 1. The fraction of sp³-hybridized carbons (Fsp3) is 0.556. The topological polar surface area (TPSA) is 93.4 Å². The number of aromatic nitrogens is 3. The molecule has 0 radical (unpaired) electrons. The first-order valence-electron chi connectivity index (χ1n) is 9.16. The molecule has 0 bridgehead atoms. The lowest BCUT2D eigenvalue weighted by Gasteiger charge is -2.19. The summed E-state index contributed by atoms with van der Waals surface area (Å²) in [6.45, 7) is 2.75. The van der Waals surface area contributed by atoms with Gasteiger partial charge in [0.05, 0.1) is 12.7 Å². The highest BCUT2D eigenvalue weighted by Crippen LogP contribution is 2.40. The molecule has 3 aliphatic rings. The van der Waals surface area contributed by atoms with Crippen molar-refractivity contribution in [3.63, 3.8) is 0 Å². The maximum atomic E-state index is 12.7. The van der Waals surface area contributed by atoms with Crippen LogP contribution in [0.1, 0.15) is 35.0 Å². The van der Waals surface area contributed by atoms with Crippen LogP contribution >= 0.6 is 0 Å². The lowest BCUT2D eigenvalue weighted by atomic mass is 9.93. The van der Waals surface area contributed by atoms with Gasteiger partial charge in [0.1, 0.15) is 5.76 Å². The number of hydrogen-bond donors (Lipinski definition) is 1. The Morgan fingerprint density at radius 1 is 1.27 bits per heavy atom. The van der Waals surface area contributed by atoms with Gasteiger partial charge in [-0.25, -0.2) is 9.97 Å². The summed E-state index contributed by atoms with van der Waals surface area (Å²) in [4.78, 5) is 22.9. The highest BCUT2D eigenvalue weighted by atomic mass is 16.5. The minimum atomic E-state index is -0.0586. The van der Waals surface area contributed by atoms with E-state index in [1.54, 1.807) is 24.5 Å². The Bertz CT molecular complexity index is 791. The van der Waals surface area contributed by atoms with Gasteiger partial charge in [-0.1, -0.05) is 5.16 Å². The first-order chi connectivity index (χ1) is 12.8. The molecule has 0 spiro atoms. The summed E-state index contributed by atoms with van der Waals surface area (Å²) in [5.74, 6) is 2.52. The Balaban J connectivity index is 1.21. The SMILES string of the molecule is O=C(c1cc(C2CC2)on1)N1C[C@@H]2[C@@H](CNc3ncccn3)CO[C@@H]2C1. The van der Waals surface area contributed by atoms with Crippen molar-refractivity contribution < 1.29 is 14.1 Å². The second-order valence-electron chi connectivity index (χ2n) is 7.35. The number of fused-ring (bicyclic) bond motifs is 1. The quantitative estimate of drug-likeness (QED) is 0.869. The summed E-state index contributed by atoms with van der Waals surface area (Å²) in [5, 5.41) is 7.24. The van der Waals surface area contributed by atoms with Crippen LogP contribution in [-0.2, 0) is 4.74 Å². The Hall–Kier alpha value is -2.48. The minimum Gasteiger partial charge on any atom is -0.376 e. The summed E-state index contributed by atoms with van der Waals surface area (Å²) in [7, 11) is 0. The van der Waals surface area contributed by atoms with Crippen molar-refractivity contribution in [2.75, 3.05) is 31.6 Å². The molecule has 2 aliphatic heterocycles. The lowest BCUT2D eigenvalue weighted by Crippen LogP contribution is -2.32. The molecule has 8 nitrogen and oxygen atoms in total. The molecule has 136 valence electrons. The average Bonchev–Trinajstić information content (AvgIpc) is 3.09. The average molecular weight is 355 g/mol. The number of nitrogens with one attached hydrogen (secondary N) is 1. The van der Waals surface area contributed by atoms with Gasteiger partial charge in [0.15, 0.2) is 5.69 Å². The second-order valence-corrected chi connectivity index (χ2v) is 7.35. The summed E-state index contributed by atoms with van der Waals surface area (Å²) >= 11 is 0. The number of ether oxygens (including phenoxy) is 1. The molecule has 0 aromatic carbocycles. The predicted molar refractivity (Wildman–Crippen MR) is 91.6 cm³/mol. The molecule has 4 heterocycles. The van der Waals surface area contributed by atoms with E-state index in [4.69, 9.17) is 9.26 Å². The van der Waals surface area contributed by atoms with Crippen molar-refractivity contribution in [2.45, 2.75) is 24.9 Å². The van der Waals surface area contributed by atoms with E-state index in [0.717, 1.165) is 25.1 Å². The molecule has 5 rings (SSSR count). The van der Waals surface area contributed by atoms with Crippen molar-refractivity contribution in [2.24, 2.45) is 11.8 Å². The molecule has 2 saturated heterocycles. The van der Waals surface area contributed by atoms with E-state index in [2.05, 4.69) is 20.4 Å². The van der Waals surface area contributed by atoms with Crippen LogP contribution in [0, 0.1) is 11.8 Å². The maximum absolute atomic E-state index is 12.7. The molecule has 2 aromatic rings. The third kappa shape index (κ3) is 2.94. The number of carbonyl (C=O) groups excluding carboxylic acids is 1. The number of nitrogens with zero attached hydrogens (tertiary/aromatic N) is 4. The Morgan fingerprint density at radius 2 is 2.12 bits per heavy atom. The summed E-state index contributed by atoms with van der Waals surface area (Å²) in [6.07, 6.45) is 5.78. The van der Waals surface area contributed by atoms with Gasteiger partial charge < -0.3 is 19.5 Å². The largest absolute Gasteiger partial charge is 0.376 e. The third-order valence-corrected chi connectivity index (χ3v) is 5.54. The van der Waals surface area contributed by atoms with Crippen LogP contribution in [0.15, 0.2) is 29.0 Å². The molecule has 1 aliphatic carbocycles. The van der Waals surface area contributed by atoms with E-state index in [9.17, 15) is 4.79 Å². The number of carbonyl (C=O) groups is 1. The van der Waals surface area contributed by atoms with E-state index in [0.29, 0.717) is 49.1 Å². The molecule has 1 saturated carbocycles. The molecule has 8 heteroatoms. The molecule has 1 N–H and O–H groups in total. The van der Waals surface area contributed by atoms with Crippen LogP contribution < -0.4 is 5.32 Å². The van der Waals surface area contributed by atoms with Gasteiger partial charge in [0.25, 0.3) is 5.91 Å². The third-order valence-electron chi connectivity index (χ3n) is 5.54. The number of likely N-dealkylation sites (tertiary alicyclic amines) is 1. The van der Waals surface area contributed by atoms with E-state index in [1.165, 1.54) is 0 Å². The summed E-state index contributed by atoms with van der Waals surface area (Å²) in [6, 6.07) is 3.60. The number of rotatable bonds is 5. The Labute approximate surface area is 150 Å². The highest BCUT2D eigenvalue weighted by Gasteiger charge is 2.45. The fourth-order valence-corrected chi connectivity index (χ4v) is 3.90. The molecular formula is C18H21N5O3. The van der Waals surface area contributed by atoms with Crippen LogP contribution in [0.25, 0.3) is 0 Å². The van der Waals surface area contributed by atoms with Crippen molar-refractivity contribution in [3.05, 3.63) is 36.0 Å². The van der Waals surface area contributed by atoms with Crippen LogP contribution in [0.4, 0.5) is 5.95 Å². The zero-order valence-electron chi connectivity index (χ0n) is 14.4. The zero-order chi connectivity index (χ0) is 17.5. The van der Waals surface area contributed by atoms with E-state index >= 15 is 0 Å². The molecule has 2 aromatic heterocycles. The fourth-order valence-electron chi connectivity index (χ4n) is 3.90. The highest BCUT2D eigenvalue weighted by molar-refractivity contribution is 5.92. The van der Waals surface area contributed by atoms with Gasteiger partial charge in [-0.15, -0.1) is 0 Å². The van der Waals surface area contributed by atoms with E-state index < -0.39 is 0 Å². The van der Waals surface area contributed by atoms with Crippen molar-refractivity contribution in [1.29, 1.82) is 0 Å². The van der Waals surface area contributed by atoms with Crippen LogP contribution in [-0.4, -0.2) is 58.3 Å². The first-order valence-corrected chi connectivity index (χ1v) is 9.16. The second kappa shape index (κ2) is 6.35. The first kappa shape index (κ1) is 15.7. The molecule has 26 heavy (non-hydrogen) atoms. The summed E-state index contributed by atoms with van der Waals surface area (Å²) in [5.41, 5.74) is 0.416. The molecule has 1 amide bonds. The minimum absolute atomic E-state index is 0.0586. The molecule has 0 unspecified atom stereocenters. The smallest absolute Gasteiger partial charge is 0.276 e. The number of anilines is 1. The van der Waals surface area contributed by atoms with Gasteiger partial charge in [-0.2, -0.15) is 0 Å². The van der Waals surface area contributed by atoms with Crippen molar-refractivity contribution in [1.82, 2.24) is 20.0 Å². The maximum Gasteiger partial charge on any atom is 0.276 e. The molecule has 3 atom stereocenters. The van der Waals surface area contributed by atoms with Crippen LogP contribution in [0.5, 0.6) is 0 Å². The standard InChI is InChI=1S/C18H21N5O3/c24-17(14-6-15(26-22-14)11-2-3-11)23-8-13-12(10-25-16(13)9-23)7-21-18-19-4-1-5-20-18/h1,4-6,11-13,16H,2-3,7-10H2,(H,19,20,21)/t12-,13+,16+/m0/s1. The van der Waals surface area contributed by atoms with Crippen molar-refractivity contribution >= 4 is 11.9 Å². The lowest BCUT2D eigenvalue weighted by molar-refractivity contribution is 0.0671. The predicted octanol–water partition coefficient (Wildman–Crippen LogP) is 1.54. The van der Waals surface area contributed by atoms with Gasteiger partial charge in [-0.3, -0.25) is 4.79 Å². The van der Waals surface area contributed by atoms with E-state index in [-0.39, 0.29) is 12.0 Å². The van der Waals surface area contributed by atoms with Gasteiger partial charge in [0, 0.05) is 55.8 Å². The zero-order valence-corrected chi connectivity index (χ0v) is 14.4. The molecule has 3 fully saturated rings. The molecular weight excluding hydrogens is 334 g/mol.